The fraction of sp³-hybridized carbons (Fsp3) is 0.0323. The highest BCUT2D eigenvalue weighted by molar-refractivity contribution is 6.49. The molecule has 37 heavy (non-hydrogen) atoms. The first-order valence-corrected chi connectivity index (χ1v) is 11.2. The Morgan fingerprint density at radius 2 is 0.676 bits per heavy atom. The summed E-state index contributed by atoms with van der Waals surface area (Å²) >= 11 is 0. The van der Waals surface area contributed by atoms with E-state index in [0.29, 0.717) is 28.5 Å². The number of aldehydes is 1. The summed E-state index contributed by atoms with van der Waals surface area (Å²) in [5, 5.41) is 0. The zero-order valence-electron chi connectivity index (χ0n) is 19.8. The number of hydrogen-bond donors (Lipinski definition) is 0. The van der Waals surface area contributed by atoms with E-state index in [1.54, 1.807) is 97.1 Å². The van der Waals surface area contributed by atoms with Crippen molar-refractivity contribution in [2.75, 3.05) is 0 Å². The highest BCUT2D eigenvalue weighted by Crippen LogP contribution is 2.08. The summed E-state index contributed by atoms with van der Waals surface area (Å²) in [5.41, 5.74) is 1.71. The quantitative estimate of drug-likeness (QED) is 0.145. The highest BCUT2D eigenvalue weighted by Gasteiger charge is 2.18. The monoisotopic (exact) mass is 491 g/mol. The second-order valence-corrected chi connectivity index (χ2v) is 7.30. The lowest BCUT2D eigenvalue weighted by atomic mass is 10.0. The highest BCUT2D eigenvalue weighted by atomic mass is 16.2. The Kier molecular flexibility index (Phi) is 12.0. The van der Waals surface area contributed by atoms with Gasteiger partial charge < -0.3 is 4.79 Å². The van der Waals surface area contributed by atoms with Gasteiger partial charge >= 0.3 is 0 Å². The predicted octanol–water partition coefficient (Wildman–Crippen LogP) is 5.19. The lowest BCUT2D eigenvalue weighted by molar-refractivity contribution is -0.106. The molecule has 0 saturated heterocycles. The van der Waals surface area contributed by atoms with Crippen LogP contribution in [0.5, 0.6) is 0 Å². The molecule has 0 fully saturated rings. The minimum Gasteiger partial charge on any atom is -0.303 e. The zero-order chi connectivity index (χ0) is 26.9. The Balaban J connectivity index is 0.000000221. The van der Waals surface area contributed by atoms with E-state index in [0.717, 1.165) is 0 Å². The lowest BCUT2D eigenvalue weighted by Gasteiger charge is -1.99. The molecular weight excluding hydrogens is 468 g/mol. The van der Waals surface area contributed by atoms with Crippen LogP contribution in [0.2, 0.25) is 0 Å². The molecule has 183 valence electrons. The van der Waals surface area contributed by atoms with Gasteiger partial charge in [-0.25, -0.2) is 0 Å². The van der Waals surface area contributed by atoms with Gasteiger partial charge in [0.15, 0.2) is 0 Å². The number of rotatable bonds is 8. The summed E-state index contributed by atoms with van der Waals surface area (Å²) in [7, 11) is 0. The van der Waals surface area contributed by atoms with Gasteiger partial charge in [-0.3, -0.25) is 24.0 Å². The van der Waals surface area contributed by atoms with Gasteiger partial charge in [-0.05, 0) is 0 Å². The van der Waals surface area contributed by atoms with Crippen LogP contribution in [0.1, 0.15) is 47.9 Å². The molecule has 0 aromatic heterocycles. The molecule has 0 aliphatic heterocycles. The molecule has 4 aromatic rings. The van der Waals surface area contributed by atoms with Gasteiger partial charge in [-0.1, -0.05) is 121 Å². The van der Waals surface area contributed by atoms with E-state index in [4.69, 9.17) is 9.59 Å². The van der Waals surface area contributed by atoms with Gasteiger partial charge in [-0.2, -0.15) is 0 Å². The van der Waals surface area contributed by atoms with E-state index in [1.807, 2.05) is 24.3 Å². The van der Waals surface area contributed by atoms with Crippen molar-refractivity contribution in [3.63, 3.8) is 0 Å². The summed E-state index contributed by atoms with van der Waals surface area (Å²) in [5.74, 6) is -1.86. The molecule has 0 N–H and O–H groups in total. The topological polar surface area (TPSA) is 102 Å². The largest absolute Gasteiger partial charge is 0.303 e. The first-order chi connectivity index (χ1) is 18.0. The summed E-state index contributed by atoms with van der Waals surface area (Å²) in [6, 6.07) is 34.3. The van der Waals surface area contributed by atoms with Gasteiger partial charge in [-0.15, -0.1) is 0 Å². The molecule has 0 atom stereocenters. The fourth-order valence-electron chi connectivity index (χ4n) is 2.92. The lowest BCUT2D eigenvalue weighted by Crippen LogP contribution is -2.14. The Labute approximate surface area is 214 Å². The Bertz CT molecular complexity index is 1110. The number of benzene rings is 4. The van der Waals surface area contributed by atoms with Crippen LogP contribution in [0, 0.1) is 0 Å². The van der Waals surface area contributed by atoms with Crippen LogP contribution in [-0.4, -0.2) is 35.7 Å². The van der Waals surface area contributed by atoms with E-state index in [2.05, 4.69) is 0 Å². The average Bonchev–Trinajstić information content (AvgIpc) is 2.98. The number of carbonyl (C=O) groups excluding carboxylic acids is 6. The second-order valence-electron chi connectivity index (χ2n) is 7.30. The molecule has 0 amide bonds. The Morgan fingerprint density at radius 3 is 0.811 bits per heavy atom. The molecule has 6 nitrogen and oxygen atoms in total. The maximum atomic E-state index is 11.8. The summed E-state index contributed by atoms with van der Waals surface area (Å²) in [4.78, 5) is 65.4. The second kappa shape index (κ2) is 15.7. The number of carbonyl (C=O) groups is 5. The molecule has 4 rings (SSSR count). The van der Waals surface area contributed by atoms with Gasteiger partial charge in [0.25, 0.3) is 0 Å². The zero-order valence-corrected chi connectivity index (χ0v) is 19.8. The predicted molar refractivity (Wildman–Crippen MR) is 139 cm³/mol. The van der Waals surface area contributed by atoms with E-state index in [-0.39, 0.29) is 6.42 Å². The Morgan fingerprint density at radius 1 is 0.459 bits per heavy atom. The van der Waals surface area contributed by atoms with E-state index >= 15 is 0 Å². The van der Waals surface area contributed by atoms with Crippen molar-refractivity contribution in [1.29, 1.82) is 0 Å². The van der Waals surface area contributed by atoms with Crippen LogP contribution in [-0.2, 0) is 9.59 Å². The van der Waals surface area contributed by atoms with Crippen LogP contribution in [0.25, 0.3) is 0 Å². The van der Waals surface area contributed by atoms with Crippen molar-refractivity contribution < 1.29 is 28.8 Å². The van der Waals surface area contributed by atoms with Crippen LogP contribution in [0.3, 0.4) is 0 Å². The third-order valence-corrected chi connectivity index (χ3v) is 4.72. The van der Waals surface area contributed by atoms with Crippen LogP contribution < -0.4 is 0 Å². The molecule has 0 heterocycles. The van der Waals surface area contributed by atoms with Crippen molar-refractivity contribution in [2.45, 2.75) is 6.42 Å². The van der Waals surface area contributed by atoms with Gasteiger partial charge in [0.05, 0.1) is 6.42 Å². The smallest absolute Gasteiger partial charge is 0.233 e. The number of hydrogen-bond acceptors (Lipinski definition) is 6. The molecular formula is C31H23O6. The molecule has 0 bridgehead atoms. The van der Waals surface area contributed by atoms with Gasteiger partial charge in [0.1, 0.15) is 6.29 Å². The standard InChI is InChI=1S/2C14H10O2.C3H3O2/c2*15-13(11-7-3-1-4-8-11)14(16)12-9-5-2-6-10-12;4-2-1-3-5/h2*1-10H;2H,1H2. The van der Waals surface area contributed by atoms with Gasteiger partial charge in [0, 0.05) is 22.3 Å². The number of Topliss-reactive ketones (excluding diaryl/α,β-unsaturated/α-hetero) is 4. The third-order valence-electron chi connectivity index (χ3n) is 4.72. The number of ketones is 4. The van der Waals surface area contributed by atoms with Crippen LogP contribution in [0.4, 0.5) is 0 Å². The first-order valence-electron chi connectivity index (χ1n) is 11.2. The van der Waals surface area contributed by atoms with E-state index in [1.165, 1.54) is 6.29 Å². The first kappa shape index (κ1) is 28.1. The Hall–Kier alpha value is -5.10. The average molecular weight is 492 g/mol. The molecule has 1 radical (unpaired) electrons. The van der Waals surface area contributed by atoms with Crippen molar-refractivity contribution in [1.82, 2.24) is 0 Å². The van der Waals surface area contributed by atoms with Crippen molar-refractivity contribution >= 4 is 35.7 Å². The molecule has 0 spiro atoms. The van der Waals surface area contributed by atoms with E-state index < -0.39 is 23.1 Å². The molecule has 0 unspecified atom stereocenters. The molecule has 6 heteroatoms. The van der Waals surface area contributed by atoms with Crippen molar-refractivity contribution in [3.05, 3.63) is 144 Å². The fourth-order valence-corrected chi connectivity index (χ4v) is 2.92. The molecule has 0 saturated carbocycles. The maximum absolute atomic E-state index is 11.8. The van der Waals surface area contributed by atoms with Crippen molar-refractivity contribution in [2.24, 2.45) is 0 Å². The SMILES string of the molecule is O=C(C(=O)c1ccccc1)c1ccccc1.O=C(C(=O)c1ccccc1)c1ccccc1.O=[C]CC=O. The maximum Gasteiger partial charge on any atom is 0.233 e. The van der Waals surface area contributed by atoms with Crippen LogP contribution in [0.15, 0.2) is 121 Å². The van der Waals surface area contributed by atoms with Crippen molar-refractivity contribution in [3.8, 4) is 0 Å². The normalized spacial score (nSPS) is 9.30. The van der Waals surface area contributed by atoms with Gasteiger partial charge in [0.2, 0.25) is 29.4 Å². The molecule has 4 aromatic carbocycles. The summed E-state index contributed by atoms with van der Waals surface area (Å²) in [6.45, 7) is 0. The van der Waals surface area contributed by atoms with Crippen LogP contribution >= 0.6 is 0 Å². The summed E-state index contributed by atoms with van der Waals surface area (Å²) < 4.78 is 0. The summed E-state index contributed by atoms with van der Waals surface area (Å²) in [6.07, 6.45) is 1.81. The van der Waals surface area contributed by atoms with E-state index in [9.17, 15) is 19.2 Å². The molecule has 0 aliphatic carbocycles. The minimum absolute atomic E-state index is 0.0972. The molecule has 0 aliphatic rings. The minimum atomic E-state index is -0.466. The third kappa shape index (κ3) is 9.22.